The van der Waals surface area contributed by atoms with Crippen LogP contribution in [0.25, 0.3) is 0 Å². The summed E-state index contributed by atoms with van der Waals surface area (Å²) in [6.07, 6.45) is 0. The number of halogens is 1. The number of benzene rings is 2. The third-order valence-corrected chi connectivity index (χ3v) is 5.02. The van der Waals surface area contributed by atoms with Crippen molar-refractivity contribution in [2.75, 3.05) is 5.32 Å². The smallest absolute Gasteiger partial charge is 0.255 e. The van der Waals surface area contributed by atoms with E-state index in [-0.39, 0.29) is 5.91 Å². The molecule has 0 saturated carbocycles. The molecule has 3 nitrogen and oxygen atoms in total. The molecular weight excluding hydrogens is 348 g/mol. The Hall–Kier alpha value is -1.82. The average Bonchev–Trinajstić information content (AvgIpc) is 3.09. The number of carbonyl (C=O) groups excluding carboxylic acids is 1. The highest BCUT2D eigenvalue weighted by atomic mass is 35.5. The van der Waals surface area contributed by atoms with E-state index in [1.54, 1.807) is 47.4 Å². The summed E-state index contributed by atoms with van der Waals surface area (Å²) in [5.41, 5.74) is 4.25. The Kier molecular flexibility index (Phi) is 5.33. The minimum Gasteiger partial charge on any atom is -0.322 e. The van der Waals surface area contributed by atoms with Gasteiger partial charge in [-0.1, -0.05) is 11.6 Å². The molecule has 0 atom stereocenters. The van der Waals surface area contributed by atoms with E-state index >= 15 is 0 Å². The molecule has 3 aromatic rings. The second-order valence-electron chi connectivity index (χ2n) is 4.75. The van der Waals surface area contributed by atoms with E-state index in [9.17, 15) is 4.79 Å². The Balaban J connectivity index is 1.59. The first-order valence-electron chi connectivity index (χ1n) is 6.87. The summed E-state index contributed by atoms with van der Waals surface area (Å²) >= 11 is 9.13. The molecule has 0 aliphatic carbocycles. The van der Waals surface area contributed by atoms with Gasteiger partial charge in [-0.25, -0.2) is 4.98 Å². The lowest BCUT2D eigenvalue weighted by Crippen LogP contribution is -2.11. The van der Waals surface area contributed by atoms with Gasteiger partial charge in [0.1, 0.15) is 0 Å². The number of aromatic nitrogens is 1. The van der Waals surface area contributed by atoms with Gasteiger partial charge in [-0.05, 0) is 48.5 Å². The quantitative estimate of drug-likeness (QED) is 0.624. The maximum atomic E-state index is 12.2. The van der Waals surface area contributed by atoms with Crippen LogP contribution >= 0.6 is 34.7 Å². The Morgan fingerprint density at radius 3 is 2.52 bits per heavy atom. The van der Waals surface area contributed by atoms with E-state index in [0.717, 1.165) is 22.0 Å². The van der Waals surface area contributed by atoms with Crippen molar-refractivity contribution < 1.29 is 4.79 Å². The number of hydrogen-bond donors (Lipinski definition) is 1. The van der Waals surface area contributed by atoms with Crippen molar-refractivity contribution >= 4 is 46.3 Å². The van der Waals surface area contributed by atoms with Crippen molar-refractivity contribution in [1.82, 2.24) is 4.98 Å². The summed E-state index contributed by atoms with van der Waals surface area (Å²) in [4.78, 5) is 17.6. The molecule has 0 fully saturated rings. The van der Waals surface area contributed by atoms with Crippen molar-refractivity contribution in [3.63, 3.8) is 0 Å². The van der Waals surface area contributed by atoms with Crippen LogP contribution in [0.3, 0.4) is 0 Å². The highest BCUT2D eigenvalue weighted by molar-refractivity contribution is 7.98. The summed E-state index contributed by atoms with van der Waals surface area (Å²) in [5, 5.41) is 5.53. The standard InChI is InChI=1S/C17H13ClN2OS2/c18-13-3-5-14(6-4-13)20-17(21)12-1-7-16(8-2-12)23-10-15-9-22-11-19-15/h1-9,11H,10H2,(H,20,21). The van der Waals surface area contributed by atoms with Crippen LogP contribution in [0.15, 0.2) is 64.3 Å². The highest BCUT2D eigenvalue weighted by Crippen LogP contribution is 2.23. The van der Waals surface area contributed by atoms with Crippen molar-refractivity contribution in [1.29, 1.82) is 0 Å². The fourth-order valence-electron chi connectivity index (χ4n) is 1.91. The first-order chi connectivity index (χ1) is 11.2. The van der Waals surface area contributed by atoms with Crippen LogP contribution in [-0.4, -0.2) is 10.9 Å². The number of anilines is 1. The highest BCUT2D eigenvalue weighted by Gasteiger charge is 2.06. The zero-order valence-corrected chi connectivity index (χ0v) is 14.4. The van der Waals surface area contributed by atoms with E-state index in [0.29, 0.717) is 10.6 Å². The summed E-state index contributed by atoms with van der Waals surface area (Å²) in [7, 11) is 0. The molecule has 1 aromatic heterocycles. The normalized spacial score (nSPS) is 10.5. The molecule has 0 aliphatic heterocycles. The van der Waals surface area contributed by atoms with E-state index in [4.69, 9.17) is 11.6 Å². The number of nitrogens with one attached hydrogen (secondary N) is 1. The van der Waals surface area contributed by atoms with Crippen molar-refractivity contribution in [3.8, 4) is 0 Å². The van der Waals surface area contributed by atoms with Crippen LogP contribution in [-0.2, 0) is 5.75 Å². The van der Waals surface area contributed by atoms with Crippen LogP contribution < -0.4 is 5.32 Å². The predicted molar refractivity (Wildman–Crippen MR) is 97.5 cm³/mol. The maximum absolute atomic E-state index is 12.2. The lowest BCUT2D eigenvalue weighted by Gasteiger charge is -2.06. The van der Waals surface area contributed by atoms with Gasteiger partial charge in [0.05, 0.1) is 11.2 Å². The third-order valence-electron chi connectivity index (χ3n) is 3.09. The number of thiazole rings is 1. The van der Waals surface area contributed by atoms with Gasteiger partial charge < -0.3 is 5.32 Å². The SMILES string of the molecule is O=C(Nc1ccc(Cl)cc1)c1ccc(SCc2cscn2)cc1. The zero-order chi connectivity index (χ0) is 16.1. The molecule has 0 bridgehead atoms. The molecular formula is C17H13ClN2OS2. The third kappa shape index (κ3) is 4.58. The summed E-state index contributed by atoms with van der Waals surface area (Å²) < 4.78 is 0. The second kappa shape index (κ2) is 7.64. The average molecular weight is 361 g/mol. The molecule has 0 radical (unpaired) electrons. The molecule has 2 aromatic carbocycles. The van der Waals surface area contributed by atoms with Gasteiger partial charge in [-0.3, -0.25) is 4.79 Å². The van der Waals surface area contributed by atoms with Crippen LogP contribution in [0.4, 0.5) is 5.69 Å². The van der Waals surface area contributed by atoms with E-state index in [1.807, 2.05) is 35.2 Å². The van der Waals surface area contributed by atoms with Crippen LogP contribution in [0.1, 0.15) is 16.1 Å². The van der Waals surface area contributed by atoms with Gasteiger partial charge in [-0.2, -0.15) is 0 Å². The predicted octanol–water partition coefficient (Wildman–Crippen LogP) is 5.34. The molecule has 0 saturated heterocycles. The van der Waals surface area contributed by atoms with E-state index in [1.165, 1.54) is 0 Å². The topological polar surface area (TPSA) is 42.0 Å². The molecule has 6 heteroatoms. The maximum Gasteiger partial charge on any atom is 0.255 e. The number of hydrogen-bond acceptors (Lipinski definition) is 4. The monoisotopic (exact) mass is 360 g/mol. The van der Waals surface area contributed by atoms with Crippen LogP contribution in [0, 0.1) is 0 Å². The Morgan fingerprint density at radius 1 is 1.13 bits per heavy atom. The number of rotatable bonds is 5. The van der Waals surface area contributed by atoms with Gasteiger partial charge in [0.2, 0.25) is 0 Å². The molecule has 3 rings (SSSR count). The van der Waals surface area contributed by atoms with Crippen LogP contribution in [0.2, 0.25) is 5.02 Å². The Labute approximate surface area is 147 Å². The van der Waals surface area contributed by atoms with E-state index < -0.39 is 0 Å². The Bertz CT molecular complexity index is 771. The summed E-state index contributed by atoms with van der Waals surface area (Å²) in [6, 6.07) is 14.6. The minimum atomic E-state index is -0.136. The lowest BCUT2D eigenvalue weighted by atomic mass is 10.2. The molecule has 1 N–H and O–H groups in total. The first-order valence-corrected chi connectivity index (χ1v) is 9.18. The van der Waals surface area contributed by atoms with Crippen molar-refractivity contribution in [3.05, 3.63) is 75.7 Å². The van der Waals surface area contributed by atoms with Gasteiger partial charge >= 0.3 is 0 Å². The Morgan fingerprint density at radius 2 is 1.87 bits per heavy atom. The lowest BCUT2D eigenvalue weighted by molar-refractivity contribution is 0.102. The summed E-state index contributed by atoms with van der Waals surface area (Å²) in [6.45, 7) is 0. The van der Waals surface area contributed by atoms with Gasteiger partial charge in [0.15, 0.2) is 0 Å². The molecule has 0 spiro atoms. The molecule has 116 valence electrons. The van der Waals surface area contributed by atoms with Gasteiger partial charge in [0, 0.05) is 32.3 Å². The van der Waals surface area contributed by atoms with Crippen molar-refractivity contribution in [2.24, 2.45) is 0 Å². The first kappa shape index (κ1) is 16.1. The fraction of sp³-hybridized carbons (Fsp3) is 0.0588. The second-order valence-corrected chi connectivity index (χ2v) is 6.96. The van der Waals surface area contributed by atoms with Crippen LogP contribution in [0.5, 0.6) is 0 Å². The molecule has 0 unspecified atom stereocenters. The molecule has 0 aliphatic rings. The van der Waals surface area contributed by atoms with E-state index in [2.05, 4.69) is 10.3 Å². The largest absolute Gasteiger partial charge is 0.322 e. The number of amides is 1. The molecule has 1 amide bonds. The van der Waals surface area contributed by atoms with Crippen molar-refractivity contribution in [2.45, 2.75) is 10.6 Å². The van der Waals surface area contributed by atoms with Gasteiger partial charge in [-0.15, -0.1) is 23.1 Å². The fourth-order valence-corrected chi connectivity index (χ4v) is 3.50. The minimum absolute atomic E-state index is 0.136. The number of nitrogens with zero attached hydrogens (tertiary/aromatic N) is 1. The zero-order valence-electron chi connectivity index (χ0n) is 12.0. The molecule has 1 heterocycles. The number of carbonyl (C=O) groups is 1. The van der Waals surface area contributed by atoms with Gasteiger partial charge in [0.25, 0.3) is 5.91 Å². The molecule has 23 heavy (non-hydrogen) atoms. The summed E-state index contributed by atoms with van der Waals surface area (Å²) in [5.74, 6) is 0.697. The number of thioether (sulfide) groups is 1.